The Hall–Kier alpha value is -1.53. The fourth-order valence-corrected chi connectivity index (χ4v) is 2.97. The Morgan fingerprint density at radius 1 is 1.41 bits per heavy atom. The van der Waals surface area contributed by atoms with Crippen LogP contribution in [0.2, 0.25) is 0 Å². The number of carbonyl (C=O) groups is 1. The van der Waals surface area contributed by atoms with Crippen molar-refractivity contribution in [3.63, 3.8) is 0 Å². The lowest BCUT2D eigenvalue weighted by Crippen LogP contribution is -2.47. The third kappa shape index (κ3) is 4.01. The zero-order chi connectivity index (χ0) is 16.0. The molecule has 0 saturated carbocycles. The number of rotatable bonds is 6. The largest absolute Gasteiger partial charge is 0.384 e. The van der Waals surface area contributed by atoms with Gasteiger partial charge in [-0.3, -0.25) is 4.79 Å². The average molecular weight is 306 g/mol. The van der Waals surface area contributed by atoms with Gasteiger partial charge in [0.1, 0.15) is 0 Å². The lowest BCUT2D eigenvalue weighted by molar-refractivity contribution is 0.0511. The molecule has 1 aromatic heterocycles. The third-order valence-electron chi connectivity index (χ3n) is 4.31. The fraction of sp³-hybridized carbons (Fsp3) is 0.688. The van der Waals surface area contributed by atoms with E-state index in [4.69, 9.17) is 4.74 Å². The van der Waals surface area contributed by atoms with Gasteiger partial charge in [0.2, 0.25) is 0 Å². The zero-order valence-electron chi connectivity index (χ0n) is 13.7. The van der Waals surface area contributed by atoms with Gasteiger partial charge in [0.25, 0.3) is 5.91 Å². The Labute approximate surface area is 132 Å². The molecule has 1 aromatic rings. The number of aromatic nitrogens is 2. The van der Waals surface area contributed by atoms with Gasteiger partial charge in [-0.15, -0.1) is 0 Å². The van der Waals surface area contributed by atoms with Crippen molar-refractivity contribution in [2.75, 3.05) is 33.4 Å². The molecule has 0 atom stereocenters. The first kappa shape index (κ1) is 16.8. The van der Waals surface area contributed by atoms with Gasteiger partial charge in [-0.1, -0.05) is 6.92 Å². The second-order valence-electron chi connectivity index (χ2n) is 6.07. The minimum atomic E-state index is -0.0659. The van der Waals surface area contributed by atoms with Crippen LogP contribution in [-0.2, 0) is 11.2 Å². The van der Waals surface area contributed by atoms with E-state index in [2.05, 4.69) is 20.8 Å². The van der Waals surface area contributed by atoms with Gasteiger partial charge in [0.05, 0.1) is 23.6 Å². The average Bonchev–Trinajstić information content (AvgIpc) is 2.54. The van der Waals surface area contributed by atoms with Crippen molar-refractivity contribution in [3.05, 3.63) is 23.0 Å². The number of hydrogen-bond donors (Lipinski definition) is 2. The summed E-state index contributed by atoms with van der Waals surface area (Å²) in [5.41, 5.74) is 2.17. The maximum absolute atomic E-state index is 12.5. The van der Waals surface area contributed by atoms with Crippen LogP contribution in [0.3, 0.4) is 0 Å². The number of aryl methyl sites for hydroxylation is 2. The van der Waals surface area contributed by atoms with Crippen LogP contribution >= 0.6 is 0 Å². The van der Waals surface area contributed by atoms with Crippen molar-refractivity contribution >= 4 is 5.91 Å². The molecule has 1 saturated heterocycles. The Kier molecular flexibility index (Phi) is 5.85. The minimum absolute atomic E-state index is 0.0253. The Morgan fingerprint density at radius 3 is 2.77 bits per heavy atom. The fourth-order valence-electron chi connectivity index (χ4n) is 2.97. The Bertz CT molecular complexity index is 507. The number of methoxy groups -OCH3 is 1. The van der Waals surface area contributed by atoms with E-state index in [1.54, 1.807) is 7.11 Å². The Morgan fingerprint density at radius 2 is 2.14 bits per heavy atom. The molecule has 1 fully saturated rings. The van der Waals surface area contributed by atoms with Crippen molar-refractivity contribution in [1.82, 2.24) is 20.8 Å². The molecule has 1 aliphatic heterocycles. The topological polar surface area (TPSA) is 76.1 Å². The number of piperidine rings is 1. The van der Waals surface area contributed by atoms with E-state index in [0.717, 1.165) is 37.3 Å². The molecule has 0 bridgehead atoms. The molecule has 0 unspecified atom stereocenters. The van der Waals surface area contributed by atoms with Gasteiger partial charge in [-0.2, -0.15) is 10.2 Å². The van der Waals surface area contributed by atoms with E-state index in [9.17, 15) is 4.79 Å². The van der Waals surface area contributed by atoms with Gasteiger partial charge in [0, 0.05) is 19.1 Å². The molecule has 1 amide bonds. The number of amides is 1. The summed E-state index contributed by atoms with van der Waals surface area (Å²) < 4.78 is 5.39. The molecule has 6 heteroatoms. The highest BCUT2D eigenvalue weighted by atomic mass is 16.5. The highest BCUT2D eigenvalue weighted by molar-refractivity contribution is 5.95. The van der Waals surface area contributed by atoms with E-state index >= 15 is 0 Å². The van der Waals surface area contributed by atoms with Crippen LogP contribution in [0, 0.1) is 12.3 Å². The number of ether oxygens (including phenoxy) is 1. The number of nitrogens with one attached hydrogen (secondary N) is 2. The molecule has 6 nitrogen and oxygen atoms in total. The molecular weight excluding hydrogens is 280 g/mol. The van der Waals surface area contributed by atoms with Crippen LogP contribution in [0.1, 0.15) is 41.5 Å². The van der Waals surface area contributed by atoms with Crippen molar-refractivity contribution < 1.29 is 9.53 Å². The summed E-state index contributed by atoms with van der Waals surface area (Å²) in [5, 5.41) is 14.6. The molecular formula is C16H26N4O2. The summed E-state index contributed by atoms with van der Waals surface area (Å²) in [4.78, 5) is 12.5. The summed E-state index contributed by atoms with van der Waals surface area (Å²) in [6.45, 7) is 7.07. The van der Waals surface area contributed by atoms with Crippen molar-refractivity contribution in [1.29, 1.82) is 0 Å². The SMILES string of the molecule is CCc1nnc(C)cc1C(=O)NCC1(COC)CCNCC1. The summed E-state index contributed by atoms with van der Waals surface area (Å²) >= 11 is 0. The van der Waals surface area contributed by atoms with Gasteiger partial charge in [-0.05, 0) is 45.3 Å². The molecule has 0 aliphatic carbocycles. The maximum Gasteiger partial charge on any atom is 0.253 e. The van der Waals surface area contributed by atoms with Gasteiger partial charge >= 0.3 is 0 Å². The number of hydrogen-bond acceptors (Lipinski definition) is 5. The van der Waals surface area contributed by atoms with E-state index in [1.165, 1.54) is 0 Å². The van der Waals surface area contributed by atoms with Crippen molar-refractivity contribution in [2.45, 2.75) is 33.1 Å². The van der Waals surface area contributed by atoms with Crippen LogP contribution in [0.5, 0.6) is 0 Å². The number of nitrogens with zero attached hydrogens (tertiary/aromatic N) is 2. The summed E-state index contributed by atoms with van der Waals surface area (Å²) in [6, 6.07) is 1.81. The lowest BCUT2D eigenvalue weighted by atomic mass is 9.79. The first-order valence-electron chi connectivity index (χ1n) is 7.91. The predicted octanol–water partition coefficient (Wildman–Crippen LogP) is 1.09. The molecule has 0 radical (unpaired) electrons. The molecule has 2 heterocycles. The normalized spacial score (nSPS) is 17.2. The predicted molar refractivity (Wildman–Crippen MR) is 84.9 cm³/mol. The highest BCUT2D eigenvalue weighted by Gasteiger charge is 2.32. The van der Waals surface area contributed by atoms with E-state index < -0.39 is 0 Å². The van der Waals surface area contributed by atoms with Gasteiger partial charge in [-0.25, -0.2) is 0 Å². The molecule has 0 aromatic carbocycles. The maximum atomic E-state index is 12.5. The van der Waals surface area contributed by atoms with Gasteiger partial charge in [0.15, 0.2) is 0 Å². The monoisotopic (exact) mass is 306 g/mol. The van der Waals surface area contributed by atoms with Crippen LogP contribution in [0.25, 0.3) is 0 Å². The number of carbonyl (C=O) groups excluding carboxylic acids is 1. The third-order valence-corrected chi connectivity index (χ3v) is 4.31. The standard InChI is InChI=1S/C16H26N4O2/c1-4-14-13(9-12(2)19-20-14)15(21)18-10-16(11-22-3)5-7-17-8-6-16/h9,17H,4-8,10-11H2,1-3H3,(H,18,21). The highest BCUT2D eigenvalue weighted by Crippen LogP contribution is 2.28. The second kappa shape index (κ2) is 7.65. The quantitative estimate of drug-likeness (QED) is 0.823. The lowest BCUT2D eigenvalue weighted by Gasteiger charge is -2.37. The summed E-state index contributed by atoms with van der Waals surface area (Å²) in [6.07, 6.45) is 2.72. The van der Waals surface area contributed by atoms with Crippen molar-refractivity contribution in [2.24, 2.45) is 5.41 Å². The first-order chi connectivity index (χ1) is 10.6. The van der Waals surface area contributed by atoms with Crippen molar-refractivity contribution in [3.8, 4) is 0 Å². The van der Waals surface area contributed by atoms with E-state index in [-0.39, 0.29) is 11.3 Å². The van der Waals surface area contributed by atoms with Crippen LogP contribution in [-0.4, -0.2) is 49.5 Å². The summed E-state index contributed by atoms with van der Waals surface area (Å²) in [5.74, 6) is -0.0659. The molecule has 22 heavy (non-hydrogen) atoms. The minimum Gasteiger partial charge on any atom is -0.384 e. The molecule has 1 aliphatic rings. The summed E-state index contributed by atoms with van der Waals surface area (Å²) in [7, 11) is 1.72. The van der Waals surface area contributed by atoms with Crippen LogP contribution in [0.15, 0.2) is 6.07 Å². The molecule has 122 valence electrons. The zero-order valence-corrected chi connectivity index (χ0v) is 13.7. The van der Waals surface area contributed by atoms with Crippen LogP contribution in [0.4, 0.5) is 0 Å². The second-order valence-corrected chi connectivity index (χ2v) is 6.07. The van der Waals surface area contributed by atoms with E-state index in [1.807, 2.05) is 19.9 Å². The smallest absolute Gasteiger partial charge is 0.253 e. The van der Waals surface area contributed by atoms with Gasteiger partial charge < -0.3 is 15.4 Å². The molecule has 0 spiro atoms. The molecule has 2 N–H and O–H groups in total. The Balaban J connectivity index is 2.06. The first-order valence-corrected chi connectivity index (χ1v) is 7.91. The van der Waals surface area contributed by atoms with E-state index in [0.29, 0.717) is 25.1 Å². The van der Waals surface area contributed by atoms with Crippen LogP contribution < -0.4 is 10.6 Å². The molecule has 2 rings (SSSR count).